The molecule has 3 heterocycles. The standard InChI is InChI=1S/C25H34N4O2/c1-2-29-23(11-14-26-29)25(31)28-17-12-22(13-18-28)19-21-7-5-20(6-8-21)9-10-24(30)27-15-3-4-16-27/h5-8,11,14,22H,2-4,9-10,12-13,15-19H2,1H3. The summed E-state index contributed by atoms with van der Waals surface area (Å²) in [4.78, 5) is 29.0. The number of aromatic nitrogens is 2. The van der Waals surface area contributed by atoms with E-state index in [2.05, 4.69) is 29.4 Å². The zero-order valence-corrected chi connectivity index (χ0v) is 18.6. The predicted molar refractivity (Wildman–Crippen MR) is 121 cm³/mol. The highest BCUT2D eigenvalue weighted by Gasteiger charge is 2.25. The van der Waals surface area contributed by atoms with Crippen LogP contribution in [0.2, 0.25) is 0 Å². The number of amides is 2. The lowest BCUT2D eigenvalue weighted by molar-refractivity contribution is -0.130. The van der Waals surface area contributed by atoms with Gasteiger partial charge < -0.3 is 9.80 Å². The molecule has 0 unspecified atom stereocenters. The summed E-state index contributed by atoms with van der Waals surface area (Å²) in [5.41, 5.74) is 3.28. The summed E-state index contributed by atoms with van der Waals surface area (Å²) in [6.07, 6.45) is 8.58. The number of piperidine rings is 1. The zero-order chi connectivity index (χ0) is 21.6. The number of carbonyl (C=O) groups is 2. The second-order valence-electron chi connectivity index (χ2n) is 8.88. The lowest BCUT2D eigenvalue weighted by Crippen LogP contribution is -2.39. The van der Waals surface area contributed by atoms with Crippen LogP contribution in [0, 0.1) is 5.92 Å². The van der Waals surface area contributed by atoms with Crippen molar-refractivity contribution < 1.29 is 9.59 Å². The van der Waals surface area contributed by atoms with Gasteiger partial charge in [-0.05, 0) is 68.6 Å². The van der Waals surface area contributed by atoms with Crippen LogP contribution < -0.4 is 0 Å². The Hall–Kier alpha value is -2.63. The molecule has 0 saturated carbocycles. The molecule has 0 bridgehead atoms. The molecule has 0 N–H and O–H groups in total. The summed E-state index contributed by atoms with van der Waals surface area (Å²) in [5, 5.41) is 4.22. The molecule has 1 aromatic heterocycles. The Morgan fingerprint density at radius 2 is 1.61 bits per heavy atom. The van der Waals surface area contributed by atoms with Gasteiger partial charge in [0, 0.05) is 45.3 Å². The third-order valence-electron chi connectivity index (χ3n) is 6.77. The van der Waals surface area contributed by atoms with Crippen molar-refractivity contribution >= 4 is 11.8 Å². The fourth-order valence-electron chi connectivity index (χ4n) is 4.82. The number of nitrogens with zero attached hydrogens (tertiary/aromatic N) is 4. The molecule has 4 rings (SSSR count). The van der Waals surface area contributed by atoms with Crippen LogP contribution >= 0.6 is 0 Å². The molecular weight excluding hydrogens is 388 g/mol. The Kier molecular flexibility index (Phi) is 7.05. The number of hydrogen-bond donors (Lipinski definition) is 0. The average Bonchev–Trinajstić information content (AvgIpc) is 3.50. The highest BCUT2D eigenvalue weighted by molar-refractivity contribution is 5.92. The number of carbonyl (C=O) groups excluding carboxylic acids is 2. The smallest absolute Gasteiger partial charge is 0.272 e. The molecule has 2 aromatic rings. The van der Waals surface area contributed by atoms with E-state index in [0.717, 1.165) is 64.7 Å². The van der Waals surface area contributed by atoms with Gasteiger partial charge in [-0.2, -0.15) is 5.10 Å². The normalized spacial score (nSPS) is 17.3. The van der Waals surface area contributed by atoms with Gasteiger partial charge in [-0.25, -0.2) is 0 Å². The molecule has 6 heteroatoms. The molecule has 0 atom stereocenters. The molecule has 6 nitrogen and oxygen atoms in total. The summed E-state index contributed by atoms with van der Waals surface area (Å²) >= 11 is 0. The summed E-state index contributed by atoms with van der Waals surface area (Å²) in [7, 11) is 0. The first-order valence-corrected chi connectivity index (χ1v) is 11.8. The minimum atomic E-state index is 0.102. The second kappa shape index (κ2) is 10.1. The molecule has 31 heavy (non-hydrogen) atoms. The Morgan fingerprint density at radius 3 is 2.29 bits per heavy atom. The van der Waals surface area contributed by atoms with Gasteiger partial charge in [0.05, 0.1) is 0 Å². The van der Waals surface area contributed by atoms with Crippen molar-refractivity contribution in [1.82, 2.24) is 19.6 Å². The van der Waals surface area contributed by atoms with Crippen molar-refractivity contribution in [2.75, 3.05) is 26.2 Å². The van der Waals surface area contributed by atoms with Gasteiger partial charge in [0.15, 0.2) is 0 Å². The van der Waals surface area contributed by atoms with E-state index in [9.17, 15) is 9.59 Å². The highest BCUT2D eigenvalue weighted by Crippen LogP contribution is 2.23. The van der Waals surface area contributed by atoms with Crippen LogP contribution in [-0.4, -0.2) is 57.6 Å². The molecule has 166 valence electrons. The van der Waals surface area contributed by atoms with E-state index >= 15 is 0 Å². The van der Waals surface area contributed by atoms with Crippen molar-refractivity contribution in [3.05, 3.63) is 53.3 Å². The van der Waals surface area contributed by atoms with Crippen LogP contribution in [0.15, 0.2) is 36.5 Å². The number of likely N-dealkylation sites (tertiary alicyclic amines) is 2. The maximum absolute atomic E-state index is 12.8. The number of rotatable bonds is 7. The predicted octanol–water partition coefficient (Wildman–Crippen LogP) is 3.55. The maximum atomic E-state index is 12.8. The fraction of sp³-hybridized carbons (Fsp3) is 0.560. The topological polar surface area (TPSA) is 58.4 Å². The molecule has 1 aromatic carbocycles. The Bertz CT molecular complexity index is 875. The van der Waals surface area contributed by atoms with Crippen molar-refractivity contribution in [2.24, 2.45) is 5.92 Å². The van der Waals surface area contributed by atoms with E-state index < -0.39 is 0 Å². The molecule has 2 aliphatic rings. The molecule has 2 amide bonds. The van der Waals surface area contributed by atoms with Gasteiger partial charge in [0.1, 0.15) is 5.69 Å². The minimum Gasteiger partial charge on any atom is -0.343 e. The van der Waals surface area contributed by atoms with Crippen LogP contribution in [0.4, 0.5) is 0 Å². The van der Waals surface area contributed by atoms with E-state index in [4.69, 9.17) is 0 Å². The summed E-state index contributed by atoms with van der Waals surface area (Å²) in [6, 6.07) is 10.6. The van der Waals surface area contributed by atoms with E-state index in [1.165, 1.54) is 11.1 Å². The van der Waals surface area contributed by atoms with Crippen LogP contribution in [0.25, 0.3) is 0 Å². The van der Waals surface area contributed by atoms with Gasteiger partial charge in [-0.15, -0.1) is 0 Å². The molecule has 2 saturated heterocycles. The number of benzene rings is 1. The number of aryl methyl sites for hydroxylation is 2. The molecule has 0 radical (unpaired) electrons. The monoisotopic (exact) mass is 422 g/mol. The third-order valence-corrected chi connectivity index (χ3v) is 6.77. The van der Waals surface area contributed by atoms with Gasteiger partial charge in [-0.1, -0.05) is 24.3 Å². The van der Waals surface area contributed by atoms with Crippen molar-refractivity contribution in [1.29, 1.82) is 0 Å². The molecule has 2 fully saturated rings. The largest absolute Gasteiger partial charge is 0.343 e. The first-order chi connectivity index (χ1) is 15.1. The fourth-order valence-corrected chi connectivity index (χ4v) is 4.82. The lowest BCUT2D eigenvalue weighted by atomic mass is 9.89. The van der Waals surface area contributed by atoms with Gasteiger partial charge in [-0.3, -0.25) is 14.3 Å². The maximum Gasteiger partial charge on any atom is 0.272 e. The SMILES string of the molecule is CCn1nccc1C(=O)N1CCC(Cc2ccc(CCC(=O)N3CCCC3)cc2)CC1. The molecule has 0 spiro atoms. The first-order valence-electron chi connectivity index (χ1n) is 11.8. The number of hydrogen-bond acceptors (Lipinski definition) is 3. The Morgan fingerprint density at radius 1 is 0.935 bits per heavy atom. The summed E-state index contributed by atoms with van der Waals surface area (Å²) in [6.45, 7) is 6.22. The van der Waals surface area contributed by atoms with E-state index in [1.54, 1.807) is 10.9 Å². The Balaban J connectivity index is 1.22. The molecule has 2 aliphatic heterocycles. The van der Waals surface area contributed by atoms with Crippen LogP contribution in [0.3, 0.4) is 0 Å². The van der Waals surface area contributed by atoms with Gasteiger partial charge in [0.2, 0.25) is 5.91 Å². The van der Waals surface area contributed by atoms with Crippen molar-refractivity contribution in [3.63, 3.8) is 0 Å². The van der Waals surface area contributed by atoms with E-state index in [0.29, 0.717) is 30.5 Å². The van der Waals surface area contributed by atoms with Gasteiger partial charge in [0.25, 0.3) is 5.91 Å². The highest BCUT2D eigenvalue weighted by atomic mass is 16.2. The van der Waals surface area contributed by atoms with Crippen LogP contribution in [-0.2, 0) is 24.2 Å². The quantitative estimate of drug-likeness (QED) is 0.686. The van der Waals surface area contributed by atoms with E-state index in [1.807, 2.05) is 22.8 Å². The summed E-state index contributed by atoms with van der Waals surface area (Å²) in [5.74, 6) is 1.01. The lowest BCUT2D eigenvalue weighted by Gasteiger charge is -2.32. The Labute approximate surface area is 185 Å². The van der Waals surface area contributed by atoms with E-state index in [-0.39, 0.29) is 5.91 Å². The first kappa shape index (κ1) is 21.6. The second-order valence-corrected chi connectivity index (χ2v) is 8.88. The summed E-state index contributed by atoms with van der Waals surface area (Å²) < 4.78 is 1.77. The minimum absolute atomic E-state index is 0.102. The van der Waals surface area contributed by atoms with Crippen LogP contribution in [0.5, 0.6) is 0 Å². The zero-order valence-electron chi connectivity index (χ0n) is 18.6. The molecule has 0 aliphatic carbocycles. The van der Waals surface area contributed by atoms with Gasteiger partial charge >= 0.3 is 0 Å². The third kappa shape index (κ3) is 5.35. The van der Waals surface area contributed by atoms with Crippen molar-refractivity contribution in [3.8, 4) is 0 Å². The van der Waals surface area contributed by atoms with Crippen molar-refractivity contribution in [2.45, 2.75) is 58.4 Å². The molecular formula is C25H34N4O2. The van der Waals surface area contributed by atoms with Crippen LogP contribution in [0.1, 0.15) is 60.6 Å². The average molecular weight is 423 g/mol.